The molecule has 0 saturated carbocycles. The van der Waals surface area contributed by atoms with Crippen LogP contribution in [-0.2, 0) is 25.6 Å². The molecule has 162 valence electrons. The lowest BCUT2D eigenvalue weighted by Gasteiger charge is -2.29. The van der Waals surface area contributed by atoms with Crippen molar-refractivity contribution in [1.29, 1.82) is 0 Å². The fourth-order valence-corrected chi connectivity index (χ4v) is 4.46. The molecule has 3 N–H and O–H groups in total. The first kappa shape index (κ1) is 20.9. The number of benzene rings is 1. The number of aromatic amines is 1. The van der Waals surface area contributed by atoms with Crippen LogP contribution in [0.3, 0.4) is 0 Å². The summed E-state index contributed by atoms with van der Waals surface area (Å²) >= 11 is 0. The summed E-state index contributed by atoms with van der Waals surface area (Å²) in [6, 6.07) is 12.1. The smallest absolute Gasteiger partial charge is 0.336 e. The van der Waals surface area contributed by atoms with Gasteiger partial charge in [-0.25, -0.2) is 9.59 Å². The predicted molar refractivity (Wildman–Crippen MR) is 116 cm³/mol. The predicted octanol–water partition coefficient (Wildman–Crippen LogP) is 3.20. The highest BCUT2D eigenvalue weighted by atomic mass is 16.5. The number of carbonyl (C=O) groups excluding carboxylic acids is 2. The van der Waals surface area contributed by atoms with E-state index in [2.05, 4.69) is 27.8 Å². The Bertz CT molecular complexity index is 1050. The van der Waals surface area contributed by atoms with Gasteiger partial charge in [-0.15, -0.1) is 0 Å². The van der Waals surface area contributed by atoms with Gasteiger partial charge in [0.1, 0.15) is 0 Å². The molecule has 2 aliphatic rings. The first-order chi connectivity index (χ1) is 15.0. The van der Waals surface area contributed by atoms with E-state index < -0.39 is 17.9 Å². The van der Waals surface area contributed by atoms with Crippen LogP contribution in [0.5, 0.6) is 0 Å². The molecule has 0 fully saturated rings. The summed E-state index contributed by atoms with van der Waals surface area (Å²) in [7, 11) is 1.34. The molecule has 2 atom stereocenters. The van der Waals surface area contributed by atoms with Crippen LogP contribution in [-0.4, -0.2) is 30.6 Å². The lowest BCUT2D eigenvalue weighted by atomic mass is 9.83. The first-order valence-corrected chi connectivity index (χ1v) is 10.4. The van der Waals surface area contributed by atoms with Crippen molar-refractivity contribution < 1.29 is 19.1 Å². The lowest BCUT2D eigenvalue weighted by Crippen LogP contribution is -2.32. The zero-order chi connectivity index (χ0) is 22.0. The largest absolute Gasteiger partial charge is 0.466 e. The molecule has 0 aliphatic carbocycles. The van der Waals surface area contributed by atoms with E-state index >= 15 is 0 Å². The van der Waals surface area contributed by atoms with Crippen molar-refractivity contribution >= 4 is 11.9 Å². The molecule has 1 aromatic carbocycles. The highest BCUT2D eigenvalue weighted by molar-refractivity contribution is 5.99. The Kier molecular flexibility index (Phi) is 5.95. The van der Waals surface area contributed by atoms with Gasteiger partial charge in [-0.3, -0.25) is 0 Å². The average Bonchev–Trinajstić information content (AvgIpc) is 3.43. The molecule has 3 heterocycles. The number of fused-ring (bicyclic) bond motifs is 1. The van der Waals surface area contributed by atoms with Gasteiger partial charge in [0.05, 0.1) is 30.8 Å². The number of dihydropyridines is 1. The number of methoxy groups -OCH3 is 1. The number of ether oxygens (including phenoxy) is 2. The van der Waals surface area contributed by atoms with Gasteiger partial charge in [0.15, 0.2) is 0 Å². The lowest BCUT2D eigenvalue weighted by molar-refractivity contribution is -0.139. The number of allylic oxidation sites excluding steroid dienone is 2. The van der Waals surface area contributed by atoms with Gasteiger partial charge in [0, 0.05) is 42.3 Å². The minimum atomic E-state index is -0.582. The highest BCUT2D eigenvalue weighted by Gasteiger charge is 2.38. The second-order valence-electron chi connectivity index (χ2n) is 7.81. The van der Waals surface area contributed by atoms with Crippen molar-refractivity contribution in [2.75, 3.05) is 13.7 Å². The number of rotatable bonds is 6. The van der Waals surface area contributed by atoms with Crippen LogP contribution in [0.15, 0.2) is 65.1 Å². The van der Waals surface area contributed by atoms with Crippen molar-refractivity contribution in [2.45, 2.75) is 38.8 Å². The molecular weight excluding hydrogens is 394 g/mol. The third-order valence-electron chi connectivity index (χ3n) is 5.93. The van der Waals surface area contributed by atoms with Gasteiger partial charge in [0.2, 0.25) is 0 Å². The highest BCUT2D eigenvalue weighted by Crippen LogP contribution is 2.38. The quantitative estimate of drug-likeness (QED) is 0.621. The Morgan fingerprint density at radius 2 is 1.77 bits per heavy atom. The Morgan fingerprint density at radius 1 is 1.03 bits per heavy atom. The Hall–Kier alpha value is -3.32. The Balaban J connectivity index is 1.52. The van der Waals surface area contributed by atoms with Crippen molar-refractivity contribution in [2.24, 2.45) is 0 Å². The molecular formula is C24H27N3O4. The zero-order valence-corrected chi connectivity index (χ0v) is 18.0. The molecule has 4 rings (SSSR count). The Morgan fingerprint density at radius 3 is 2.48 bits per heavy atom. The second kappa shape index (κ2) is 8.81. The van der Waals surface area contributed by atoms with Crippen molar-refractivity contribution in [3.8, 4) is 0 Å². The number of hydrogen-bond acceptors (Lipinski definition) is 6. The summed E-state index contributed by atoms with van der Waals surface area (Å²) in [6.45, 7) is 4.72. The molecule has 0 radical (unpaired) electrons. The Labute approximate surface area is 181 Å². The first-order valence-electron chi connectivity index (χ1n) is 10.4. The van der Waals surface area contributed by atoms with Gasteiger partial charge in [-0.1, -0.05) is 24.3 Å². The zero-order valence-electron chi connectivity index (χ0n) is 18.0. The molecule has 0 amide bonds. The SMILES string of the molecule is COC(=O)C1=C(C)NC(C)=C(C(=O)OCCC2NCc3ccccc32)C1c1ccc[nH]1. The molecule has 2 aliphatic heterocycles. The van der Waals surface area contributed by atoms with Crippen LogP contribution in [0.2, 0.25) is 0 Å². The molecule has 2 aromatic rings. The van der Waals surface area contributed by atoms with Crippen molar-refractivity contribution in [1.82, 2.24) is 15.6 Å². The fourth-order valence-electron chi connectivity index (χ4n) is 4.46. The van der Waals surface area contributed by atoms with Crippen molar-refractivity contribution in [3.63, 3.8) is 0 Å². The van der Waals surface area contributed by atoms with Crippen LogP contribution in [0, 0.1) is 0 Å². The monoisotopic (exact) mass is 421 g/mol. The maximum atomic E-state index is 13.2. The molecule has 0 saturated heterocycles. The molecule has 7 heteroatoms. The standard InChI is InChI=1S/C24H27N3O4/c1-14-20(23(28)30-3)22(19-9-6-11-25-19)21(15(2)27-14)24(29)31-12-10-18-17-8-5-4-7-16(17)13-26-18/h4-9,11,18,22,25-27H,10,12-13H2,1-3H3. The van der Waals surface area contributed by atoms with E-state index in [1.165, 1.54) is 18.2 Å². The molecule has 7 nitrogen and oxygen atoms in total. The summed E-state index contributed by atoms with van der Waals surface area (Å²) < 4.78 is 10.7. The summed E-state index contributed by atoms with van der Waals surface area (Å²) in [5, 5.41) is 6.60. The van der Waals surface area contributed by atoms with Gasteiger partial charge in [0.25, 0.3) is 0 Å². The topological polar surface area (TPSA) is 92.4 Å². The van der Waals surface area contributed by atoms with Crippen LogP contribution in [0.4, 0.5) is 0 Å². The number of H-pyrrole nitrogens is 1. The van der Waals surface area contributed by atoms with E-state index in [4.69, 9.17) is 9.47 Å². The van der Waals surface area contributed by atoms with E-state index in [-0.39, 0.29) is 12.6 Å². The number of carbonyl (C=O) groups is 2. The fraction of sp³-hybridized carbons (Fsp3) is 0.333. The van der Waals surface area contributed by atoms with Crippen LogP contribution in [0.1, 0.15) is 49.0 Å². The van der Waals surface area contributed by atoms with Crippen LogP contribution >= 0.6 is 0 Å². The van der Waals surface area contributed by atoms with E-state index in [1.807, 2.05) is 31.2 Å². The second-order valence-corrected chi connectivity index (χ2v) is 7.81. The third-order valence-corrected chi connectivity index (χ3v) is 5.93. The van der Waals surface area contributed by atoms with Gasteiger partial charge >= 0.3 is 11.9 Å². The van der Waals surface area contributed by atoms with Gasteiger partial charge in [-0.2, -0.15) is 0 Å². The number of aromatic nitrogens is 1. The van der Waals surface area contributed by atoms with E-state index in [0.29, 0.717) is 29.0 Å². The summed E-state index contributed by atoms with van der Waals surface area (Å²) in [5.41, 5.74) is 5.40. The summed E-state index contributed by atoms with van der Waals surface area (Å²) in [5.74, 6) is -1.50. The summed E-state index contributed by atoms with van der Waals surface area (Å²) in [6.07, 6.45) is 2.44. The number of nitrogens with one attached hydrogen (secondary N) is 3. The van der Waals surface area contributed by atoms with Gasteiger partial charge < -0.3 is 25.1 Å². The minimum absolute atomic E-state index is 0.163. The maximum absolute atomic E-state index is 13.2. The normalized spacial score (nSPS) is 20.4. The molecule has 0 spiro atoms. The average molecular weight is 421 g/mol. The number of esters is 2. The number of hydrogen-bond donors (Lipinski definition) is 3. The minimum Gasteiger partial charge on any atom is -0.466 e. The summed E-state index contributed by atoms with van der Waals surface area (Å²) in [4.78, 5) is 28.8. The van der Waals surface area contributed by atoms with Gasteiger partial charge in [-0.05, 0) is 37.1 Å². The molecule has 0 bridgehead atoms. The molecule has 2 unspecified atom stereocenters. The van der Waals surface area contributed by atoms with E-state index in [9.17, 15) is 9.59 Å². The maximum Gasteiger partial charge on any atom is 0.336 e. The molecule has 1 aromatic heterocycles. The van der Waals surface area contributed by atoms with E-state index in [1.54, 1.807) is 13.1 Å². The third kappa shape index (κ3) is 4.01. The van der Waals surface area contributed by atoms with Crippen molar-refractivity contribution in [3.05, 3.63) is 82.0 Å². The van der Waals surface area contributed by atoms with Crippen LogP contribution in [0.25, 0.3) is 0 Å². The molecule has 31 heavy (non-hydrogen) atoms. The van der Waals surface area contributed by atoms with Crippen LogP contribution < -0.4 is 10.6 Å². The van der Waals surface area contributed by atoms with E-state index in [0.717, 1.165) is 12.2 Å².